The van der Waals surface area contributed by atoms with Gasteiger partial charge in [0, 0.05) is 35.8 Å². The Kier molecular flexibility index (Phi) is 8.02. The number of fused-ring (bicyclic) bond motifs is 1. The minimum atomic E-state index is -0.587. The van der Waals surface area contributed by atoms with Gasteiger partial charge in [0.05, 0.1) is 33.0 Å². The molecule has 1 N–H and O–H groups in total. The second kappa shape index (κ2) is 11.7. The second-order valence-corrected chi connectivity index (χ2v) is 7.58. The Bertz CT molecular complexity index is 1330. The first-order chi connectivity index (χ1) is 17.6. The monoisotopic (exact) mass is 492 g/mol. The van der Waals surface area contributed by atoms with Crippen LogP contribution in [0.4, 0.5) is 14.9 Å². The number of pyridine rings is 1. The first-order valence-electron chi connectivity index (χ1n) is 11.2. The first kappa shape index (κ1) is 24.6. The summed E-state index contributed by atoms with van der Waals surface area (Å²) < 4.78 is 40.5. The Balaban J connectivity index is 1.28. The molecule has 0 bridgehead atoms. The highest BCUT2D eigenvalue weighted by Gasteiger charge is 2.12. The van der Waals surface area contributed by atoms with E-state index in [0.29, 0.717) is 53.0 Å². The van der Waals surface area contributed by atoms with Crippen LogP contribution >= 0.6 is 0 Å². The van der Waals surface area contributed by atoms with E-state index in [2.05, 4.69) is 10.3 Å². The van der Waals surface area contributed by atoms with Gasteiger partial charge in [-0.1, -0.05) is 6.07 Å². The normalized spacial score (nSPS) is 10.5. The summed E-state index contributed by atoms with van der Waals surface area (Å²) in [6.45, 7) is 0.455. The summed E-state index contributed by atoms with van der Waals surface area (Å²) in [5.74, 6) is 2.39. The molecular weight excluding hydrogens is 467 g/mol. The maximum atomic E-state index is 13.1. The summed E-state index contributed by atoms with van der Waals surface area (Å²) in [5.41, 5.74) is 1.25. The van der Waals surface area contributed by atoms with Gasteiger partial charge < -0.3 is 23.7 Å². The van der Waals surface area contributed by atoms with Crippen LogP contribution in [0.5, 0.6) is 28.7 Å². The molecule has 4 aromatic rings. The third-order valence-electron chi connectivity index (χ3n) is 5.12. The zero-order chi connectivity index (χ0) is 25.3. The van der Waals surface area contributed by atoms with Crippen LogP contribution < -0.4 is 24.3 Å². The molecule has 4 rings (SSSR count). The van der Waals surface area contributed by atoms with Crippen LogP contribution in [0.2, 0.25) is 0 Å². The molecule has 0 unspecified atom stereocenters. The summed E-state index contributed by atoms with van der Waals surface area (Å²) >= 11 is 0. The van der Waals surface area contributed by atoms with E-state index in [4.69, 9.17) is 23.7 Å². The molecule has 36 heavy (non-hydrogen) atoms. The molecule has 0 spiro atoms. The lowest BCUT2D eigenvalue weighted by Crippen LogP contribution is -2.15. The topological polar surface area (TPSA) is 88.1 Å². The van der Waals surface area contributed by atoms with Crippen LogP contribution in [0, 0.1) is 5.82 Å². The highest BCUT2D eigenvalue weighted by molar-refractivity contribution is 5.88. The number of nitrogens with zero attached hydrogens (tertiary/aromatic N) is 1. The minimum Gasteiger partial charge on any atom is -0.493 e. The van der Waals surface area contributed by atoms with E-state index >= 15 is 0 Å². The van der Waals surface area contributed by atoms with Gasteiger partial charge in [0.1, 0.15) is 23.1 Å². The summed E-state index contributed by atoms with van der Waals surface area (Å²) in [7, 11) is 3.14. The van der Waals surface area contributed by atoms with Crippen LogP contribution in [0.15, 0.2) is 72.9 Å². The molecule has 1 aromatic heterocycles. The number of hydrogen-bond acceptors (Lipinski definition) is 7. The van der Waals surface area contributed by atoms with Gasteiger partial charge in [-0.05, 0) is 48.5 Å². The molecule has 0 saturated heterocycles. The van der Waals surface area contributed by atoms with E-state index in [1.807, 2.05) is 6.07 Å². The van der Waals surface area contributed by atoms with Crippen LogP contribution in [0.1, 0.15) is 6.42 Å². The molecule has 9 heteroatoms. The van der Waals surface area contributed by atoms with Crippen LogP contribution in [0.25, 0.3) is 10.9 Å². The number of halogens is 1. The smallest absolute Gasteiger partial charge is 0.411 e. The number of amides is 1. The zero-order valence-corrected chi connectivity index (χ0v) is 19.8. The third kappa shape index (κ3) is 6.32. The minimum absolute atomic E-state index is 0.158. The number of anilines is 1. The Morgan fingerprint density at radius 1 is 0.889 bits per heavy atom. The van der Waals surface area contributed by atoms with Crippen LogP contribution in [-0.2, 0) is 4.74 Å². The molecule has 1 amide bonds. The highest BCUT2D eigenvalue weighted by atomic mass is 19.1. The molecule has 186 valence electrons. The van der Waals surface area contributed by atoms with Crippen molar-refractivity contribution in [2.75, 3.05) is 32.8 Å². The molecule has 0 fully saturated rings. The molecule has 0 radical (unpaired) electrons. The van der Waals surface area contributed by atoms with E-state index in [-0.39, 0.29) is 12.4 Å². The van der Waals surface area contributed by atoms with Gasteiger partial charge in [-0.3, -0.25) is 10.3 Å². The van der Waals surface area contributed by atoms with Crippen molar-refractivity contribution < 1.29 is 32.9 Å². The zero-order valence-electron chi connectivity index (χ0n) is 19.8. The summed E-state index contributed by atoms with van der Waals surface area (Å²) in [6.07, 6.45) is 1.53. The van der Waals surface area contributed by atoms with E-state index in [1.165, 1.54) is 12.1 Å². The van der Waals surface area contributed by atoms with Gasteiger partial charge in [0.25, 0.3) is 0 Å². The number of ether oxygens (including phenoxy) is 5. The van der Waals surface area contributed by atoms with E-state index < -0.39 is 6.09 Å². The third-order valence-corrected chi connectivity index (χ3v) is 5.12. The number of nitrogens with one attached hydrogen (secondary N) is 1. The van der Waals surface area contributed by atoms with Gasteiger partial charge in [0.2, 0.25) is 0 Å². The lowest BCUT2D eigenvalue weighted by atomic mass is 10.2. The maximum Gasteiger partial charge on any atom is 0.411 e. The van der Waals surface area contributed by atoms with Crippen LogP contribution in [-0.4, -0.2) is 38.5 Å². The summed E-state index contributed by atoms with van der Waals surface area (Å²) in [4.78, 5) is 16.4. The van der Waals surface area contributed by atoms with Crippen molar-refractivity contribution in [1.29, 1.82) is 0 Å². The molecular formula is C27H25FN2O6. The lowest BCUT2D eigenvalue weighted by Gasteiger charge is -2.13. The fourth-order valence-corrected chi connectivity index (χ4v) is 3.39. The number of benzene rings is 3. The largest absolute Gasteiger partial charge is 0.493 e. The number of methoxy groups -OCH3 is 2. The van der Waals surface area contributed by atoms with E-state index in [1.54, 1.807) is 68.9 Å². The second-order valence-electron chi connectivity index (χ2n) is 7.58. The number of rotatable bonds is 10. The Labute approximate surface area is 207 Å². The van der Waals surface area contributed by atoms with Crippen molar-refractivity contribution in [1.82, 2.24) is 4.98 Å². The quantitative estimate of drug-likeness (QED) is 0.264. The predicted octanol–water partition coefficient (Wildman–Crippen LogP) is 6.20. The lowest BCUT2D eigenvalue weighted by molar-refractivity contribution is 0.152. The van der Waals surface area contributed by atoms with E-state index in [0.717, 1.165) is 5.39 Å². The average Bonchev–Trinajstić information content (AvgIpc) is 2.89. The summed E-state index contributed by atoms with van der Waals surface area (Å²) in [5, 5.41) is 3.42. The molecule has 0 aliphatic rings. The van der Waals surface area contributed by atoms with Crippen LogP contribution in [0.3, 0.4) is 0 Å². The van der Waals surface area contributed by atoms with Crippen molar-refractivity contribution in [2.45, 2.75) is 6.42 Å². The number of carbonyl (C=O) groups is 1. The van der Waals surface area contributed by atoms with Gasteiger partial charge in [-0.2, -0.15) is 0 Å². The first-order valence-corrected chi connectivity index (χ1v) is 11.2. The average molecular weight is 493 g/mol. The van der Waals surface area contributed by atoms with Crippen molar-refractivity contribution in [3.63, 3.8) is 0 Å². The molecule has 0 aliphatic carbocycles. The molecule has 3 aromatic carbocycles. The fraction of sp³-hybridized carbons (Fsp3) is 0.185. The fourth-order valence-electron chi connectivity index (χ4n) is 3.39. The number of carbonyl (C=O) groups excluding carboxylic acids is 1. The molecule has 0 saturated carbocycles. The van der Waals surface area contributed by atoms with Crippen molar-refractivity contribution in [3.05, 3.63) is 78.7 Å². The Morgan fingerprint density at radius 2 is 1.67 bits per heavy atom. The molecule has 1 heterocycles. The van der Waals surface area contributed by atoms with Gasteiger partial charge in [-0.15, -0.1) is 0 Å². The summed E-state index contributed by atoms with van der Waals surface area (Å²) in [6, 6.07) is 18.1. The molecule has 8 nitrogen and oxygen atoms in total. The maximum absolute atomic E-state index is 13.1. The van der Waals surface area contributed by atoms with Gasteiger partial charge in [0.15, 0.2) is 11.5 Å². The van der Waals surface area contributed by atoms with Crippen molar-refractivity contribution >= 4 is 22.7 Å². The standard InChI is InChI=1S/C27H25FN2O6/c1-32-25-16-22-23(17-26(25)33-2)29-12-11-24(22)36-20-9-7-19(8-10-20)30-27(31)35-14-4-13-34-21-6-3-5-18(28)15-21/h3,5-12,15-17H,4,13-14H2,1-2H3,(H,30,31). The van der Waals surface area contributed by atoms with Crippen molar-refractivity contribution in [2.24, 2.45) is 0 Å². The number of hydrogen-bond donors (Lipinski definition) is 1. The Morgan fingerprint density at radius 3 is 2.42 bits per heavy atom. The van der Waals surface area contributed by atoms with Crippen molar-refractivity contribution in [3.8, 4) is 28.7 Å². The number of aromatic nitrogens is 1. The van der Waals surface area contributed by atoms with Gasteiger partial charge in [-0.25, -0.2) is 9.18 Å². The molecule has 0 atom stereocenters. The highest BCUT2D eigenvalue weighted by Crippen LogP contribution is 2.37. The Hall–Kier alpha value is -4.53. The predicted molar refractivity (Wildman–Crippen MR) is 133 cm³/mol. The van der Waals surface area contributed by atoms with Gasteiger partial charge >= 0.3 is 6.09 Å². The SMILES string of the molecule is COc1cc2nccc(Oc3ccc(NC(=O)OCCCOc4cccc(F)c4)cc3)c2cc1OC. The van der Waals surface area contributed by atoms with E-state index in [9.17, 15) is 9.18 Å². The molecule has 0 aliphatic heterocycles.